The highest BCUT2D eigenvalue weighted by Gasteiger charge is 2.27. The Morgan fingerprint density at radius 2 is 1.93 bits per heavy atom. The Kier molecular flexibility index (Phi) is 6.22. The first kappa shape index (κ1) is 20.9. The fraction of sp³-hybridized carbons (Fsp3) is 0.333. The van der Waals surface area contributed by atoms with Gasteiger partial charge in [0.1, 0.15) is 5.75 Å². The zero-order valence-corrected chi connectivity index (χ0v) is 17.3. The highest BCUT2D eigenvalue weighted by Crippen LogP contribution is 2.32. The van der Waals surface area contributed by atoms with E-state index in [9.17, 15) is 18.0 Å². The van der Waals surface area contributed by atoms with Crippen LogP contribution in [0.4, 0.5) is 11.4 Å². The number of nitrogens with one attached hydrogen (secondary N) is 1. The fourth-order valence-electron chi connectivity index (χ4n) is 3.37. The summed E-state index contributed by atoms with van der Waals surface area (Å²) in [7, 11) is -3.40. The number of sulfonamides is 1. The van der Waals surface area contributed by atoms with Crippen molar-refractivity contribution in [3.8, 4) is 5.75 Å². The molecular weight excluding hydrogens is 392 g/mol. The molecule has 2 aromatic carbocycles. The summed E-state index contributed by atoms with van der Waals surface area (Å²) in [4.78, 5) is 24.0. The molecule has 7 nitrogen and oxygen atoms in total. The third kappa shape index (κ3) is 4.76. The van der Waals surface area contributed by atoms with Gasteiger partial charge in [0, 0.05) is 19.2 Å². The van der Waals surface area contributed by atoms with Crippen molar-refractivity contribution in [2.24, 2.45) is 0 Å². The molecule has 0 atom stereocenters. The van der Waals surface area contributed by atoms with Crippen LogP contribution >= 0.6 is 0 Å². The van der Waals surface area contributed by atoms with E-state index in [1.54, 1.807) is 36.4 Å². The largest absolute Gasteiger partial charge is 0.426 e. The van der Waals surface area contributed by atoms with Crippen LogP contribution in [0.25, 0.3) is 0 Å². The van der Waals surface area contributed by atoms with E-state index in [4.69, 9.17) is 4.74 Å². The van der Waals surface area contributed by atoms with Gasteiger partial charge in [0.25, 0.3) is 5.91 Å². The minimum absolute atomic E-state index is 0.0821. The molecule has 0 fully saturated rings. The molecule has 0 bridgehead atoms. The molecule has 154 valence electrons. The van der Waals surface area contributed by atoms with Crippen molar-refractivity contribution in [1.82, 2.24) is 0 Å². The summed E-state index contributed by atoms with van der Waals surface area (Å²) < 4.78 is 31.8. The number of ether oxygens (including phenoxy) is 1. The average molecular weight is 416 g/mol. The molecule has 2 aromatic rings. The molecule has 0 aliphatic carbocycles. The second-order valence-corrected chi connectivity index (χ2v) is 8.89. The Hall–Kier alpha value is -2.87. The van der Waals surface area contributed by atoms with Gasteiger partial charge < -0.3 is 10.1 Å². The van der Waals surface area contributed by atoms with Gasteiger partial charge in [-0.3, -0.25) is 13.9 Å². The maximum absolute atomic E-state index is 12.7. The van der Waals surface area contributed by atoms with Crippen LogP contribution in [-0.4, -0.2) is 32.6 Å². The van der Waals surface area contributed by atoms with Crippen LogP contribution in [-0.2, 0) is 21.2 Å². The molecule has 1 amide bonds. The van der Waals surface area contributed by atoms with E-state index < -0.39 is 21.9 Å². The number of anilines is 2. The molecule has 0 saturated carbocycles. The van der Waals surface area contributed by atoms with E-state index in [1.807, 2.05) is 13.0 Å². The number of hydrogen-bond acceptors (Lipinski definition) is 5. The van der Waals surface area contributed by atoms with Gasteiger partial charge in [-0.1, -0.05) is 25.1 Å². The topological polar surface area (TPSA) is 92.8 Å². The lowest BCUT2D eigenvalue weighted by atomic mass is 10.0. The second-order valence-electron chi connectivity index (χ2n) is 6.88. The minimum Gasteiger partial charge on any atom is -0.426 e. The standard InChI is InChI=1S/C21H24N2O5S/c1-3-13-29(26,27)23-12-6-7-16-10-11-17(14-19(16)23)22-21(25)18-8-4-5-9-20(18)28-15(2)24/h4-5,8-11,14H,3,6-7,12-13H2,1-2H3,(H,22,25). The van der Waals surface area contributed by atoms with Crippen molar-refractivity contribution in [2.75, 3.05) is 21.9 Å². The summed E-state index contributed by atoms with van der Waals surface area (Å²) in [5.41, 5.74) is 2.24. The van der Waals surface area contributed by atoms with Crippen molar-refractivity contribution in [1.29, 1.82) is 0 Å². The van der Waals surface area contributed by atoms with Crippen LogP contribution < -0.4 is 14.4 Å². The fourth-order valence-corrected chi connectivity index (χ4v) is 4.99. The average Bonchev–Trinajstić information content (AvgIpc) is 2.67. The predicted molar refractivity (Wildman–Crippen MR) is 112 cm³/mol. The summed E-state index contributed by atoms with van der Waals surface area (Å²) in [6.07, 6.45) is 2.09. The molecule has 0 saturated heterocycles. The van der Waals surface area contributed by atoms with Crippen molar-refractivity contribution < 1.29 is 22.7 Å². The Morgan fingerprint density at radius 3 is 2.66 bits per heavy atom. The molecule has 0 unspecified atom stereocenters. The Labute approximate surface area is 170 Å². The number of para-hydroxylation sites is 1. The maximum atomic E-state index is 12.7. The van der Waals surface area contributed by atoms with Crippen LogP contribution in [0.1, 0.15) is 42.6 Å². The van der Waals surface area contributed by atoms with E-state index in [2.05, 4.69) is 5.32 Å². The monoisotopic (exact) mass is 416 g/mol. The van der Waals surface area contributed by atoms with Gasteiger partial charge in [0.15, 0.2) is 0 Å². The number of hydrogen-bond donors (Lipinski definition) is 1. The zero-order chi connectivity index (χ0) is 21.0. The summed E-state index contributed by atoms with van der Waals surface area (Å²) >= 11 is 0. The summed E-state index contributed by atoms with van der Waals surface area (Å²) in [5.74, 6) is -0.710. The van der Waals surface area contributed by atoms with Gasteiger partial charge in [-0.2, -0.15) is 0 Å². The first-order chi connectivity index (χ1) is 13.8. The van der Waals surface area contributed by atoms with Crippen LogP contribution in [0.3, 0.4) is 0 Å². The van der Waals surface area contributed by atoms with E-state index >= 15 is 0 Å². The quantitative estimate of drug-likeness (QED) is 0.576. The summed E-state index contributed by atoms with van der Waals surface area (Å²) in [6, 6.07) is 11.7. The highest BCUT2D eigenvalue weighted by molar-refractivity contribution is 7.92. The lowest BCUT2D eigenvalue weighted by Gasteiger charge is -2.31. The number of benzene rings is 2. The van der Waals surface area contributed by atoms with Crippen LogP contribution in [0.15, 0.2) is 42.5 Å². The van der Waals surface area contributed by atoms with E-state index in [-0.39, 0.29) is 17.1 Å². The molecular formula is C21H24N2O5S. The molecule has 1 N–H and O–H groups in total. The number of aryl methyl sites for hydroxylation is 1. The molecule has 1 heterocycles. The number of carbonyl (C=O) groups is 2. The van der Waals surface area contributed by atoms with Crippen molar-refractivity contribution in [3.63, 3.8) is 0 Å². The van der Waals surface area contributed by atoms with Gasteiger partial charge in [-0.05, 0) is 49.1 Å². The smallest absolute Gasteiger partial charge is 0.308 e. The van der Waals surface area contributed by atoms with E-state index in [1.165, 1.54) is 11.2 Å². The SMILES string of the molecule is CCCS(=O)(=O)N1CCCc2ccc(NC(=O)c3ccccc3OC(C)=O)cc21. The van der Waals surface area contributed by atoms with Gasteiger partial charge in [0.05, 0.1) is 17.0 Å². The Bertz CT molecular complexity index is 1030. The molecule has 29 heavy (non-hydrogen) atoms. The summed E-state index contributed by atoms with van der Waals surface area (Å²) in [5, 5.41) is 2.77. The number of nitrogens with zero attached hydrogens (tertiary/aromatic N) is 1. The number of amides is 1. The Balaban J connectivity index is 1.89. The minimum atomic E-state index is -3.40. The molecule has 3 rings (SSSR count). The lowest BCUT2D eigenvalue weighted by molar-refractivity contribution is -0.131. The third-order valence-corrected chi connectivity index (χ3v) is 6.58. The normalized spacial score (nSPS) is 13.5. The van der Waals surface area contributed by atoms with Gasteiger partial charge >= 0.3 is 5.97 Å². The lowest BCUT2D eigenvalue weighted by Crippen LogP contribution is -2.37. The number of fused-ring (bicyclic) bond motifs is 1. The number of esters is 1. The molecule has 0 spiro atoms. The number of rotatable bonds is 6. The zero-order valence-electron chi connectivity index (χ0n) is 16.5. The Morgan fingerprint density at radius 1 is 1.17 bits per heavy atom. The third-order valence-electron chi connectivity index (χ3n) is 4.60. The van der Waals surface area contributed by atoms with Crippen molar-refractivity contribution >= 4 is 33.3 Å². The molecule has 0 aromatic heterocycles. The van der Waals surface area contributed by atoms with Crippen LogP contribution in [0.2, 0.25) is 0 Å². The van der Waals surface area contributed by atoms with Crippen LogP contribution in [0.5, 0.6) is 5.75 Å². The number of carbonyl (C=O) groups excluding carboxylic acids is 2. The maximum Gasteiger partial charge on any atom is 0.308 e. The van der Waals surface area contributed by atoms with Gasteiger partial charge in [0.2, 0.25) is 10.0 Å². The van der Waals surface area contributed by atoms with E-state index in [0.717, 1.165) is 18.4 Å². The summed E-state index contributed by atoms with van der Waals surface area (Å²) in [6.45, 7) is 3.53. The van der Waals surface area contributed by atoms with Gasteiger partial charge in [-0.25, -0.2) is 8.42 Å². The van der Waals surface area contributed by atoms with Crippen molar-refractivity contribution in [3.05, 3.63) is 53.6 Å². The van der Waals surface area contributed by atoms with Crippen molar-refractivity contribution in [2.45, 2.75) is 33.1 Å². The first-order valence-corrected chi connectivity index (χ1v) is 11.1. The van der Waals surface area contributed by atoms with Gasteiger partial charge in [-0.15, -0.1) is 0 Å². The molecule has 1 aliphatic rings. The predicted octanol–water partition coefficient (Wildman–Crippen LogP) is 3.36. The van der Waals surface area contributed by atoms with Crippen LogP contribution in [0, 0.1) is 0 Å². The first-order valence-electron chi connectivity index (χ1n) is 9.54. The highest BCUT2D eigenvalue weighted by atomic mass is 32.2. The van der Waals surface area contributed by atoms with E-state index in [0.29, 0.717) is 24.3 Å². The molecule has 0 radical (unpaired) electrons. The second kappa shape index (κ2) is 8.65. The molecule has 1 aliphatic heterocycles. The molecule has 8 heteroatoms.